The van der Waals surface area contributed by atoms with Crippen LogP contribution in [0.1, 0.15) is 16.8 Å². The largest absolute Gasteiger partial charge is 0.398 e. The molecule has 3 nitrogen and oxygen atoms in total. The van der Waals surface area contributed by atoms with E-state index in [1.165, 1.54) is 12.2 Å². The molecule has 1 atom stereocenters. The molecule has 1 saturated heterocycles. The Hall–Kier alpha value is -0.680. The minimum Gasteiger partial charge on any atom is -0.398 e. The van der Waals surface area contributed by atoms with Crippen molar-refractivity contribution in [2.75, 3.05) is 23.8 Å². The number of halogens is 1. The first kappa shape index (κ1) is 12.8. The van der Waals surface area contributed by atoms with Gasteiger partial charge in [0.1, 0.15) is 0 Å². The van der Waals surface area contributed by atoms with Crippen molar-refractivity contribution >= 4 is 39.3 Å². The molecule has 1 heterocycles. The predicted molar refractivity (Wildman–Crippen MR) is 76.3 cm³/mol. The van der Waals surface area contributed by atoms with Gasteiger partial charge in [0.25, 0.3) is 5.91 Å². The van der Waals surface area contributed by atoms with Gasteiger partial charge in [0.2, 0.25) is 0 Å². The number of hydrogen-bond donors (Lipinski definition) is 2. The number of hydrogen-bond acceptors (Lipinski definition) is 3. The first-order valence-corrected chi connectivity index (χ1v) is 7.52. The molecule has 92 valence electrons. The predicted octanol–water partition coefficient (Wildman–Crippen LogP) is 2.51. The van der Waals surface area contributed by atoms with Gasteiger partial charge >= 0.3 is 0 Å². The van der Waals surface area contributed by atoms with Gasteiger partial charge in [-0.25, -0.2) is 0 Å². The average molecular weight is 315 g/mol. The zero-order valence-electron chi connectivity index (χ0n) is 9.41. The smallest absolute Gasteiger partial charge is 0.251 e. The Morgan fingerprint density at radius 2 is 2.41 bits per heavy atom. The van der Waals surface area contributed by atoms with Crippen molar-refractivity contribution in [3.8, 4) is 0 Å². The number of amides is 1. The second kappa shape index (κ2) is 5.78. The monoisotopic (exact) mass is 314 g/mol. The Kier molecular flexibility index (Phi) is 4.34. The van der Waals surface area contributed by atoms with E-state index in [2.05, 4.69) is 21.2 Å². The quantitative estimate of drug-likeness (QED) is 0.843. The number of carbonyl (C=O) groups excluding carboxylic acids is 1. The maximum Gasteiger partial charge on any atom is 0.251 e. The molecular weight excluding hydrogens is 300 g/mol. The molecule has 0 aromatic heterocycles. The van der Waals surface area contributed by atoms with Crippen LogP contribution in [-0.2, 0) is 0 Å². The standard InChI is InChI=1S/C12H15BrN2OS/c13-10-5-9(1-2-11(10)14)12(16)15-6-8-3-4-17-7-8/h1-2,5,8H,3-4,6-7,14H2,(H,15,16). The molecule has 1 aromatic carbocycles. The van der Waals surface area contributed by atoms with Gasteiger partial charge in [-0.3, -0.25) is 4.79 Å². The molecule has 2 rings (SSSR count). The van der Waals surface area contributed by atoms with E-state index < -0.39 is 0 Å². The molecule has 0 aliphatic carbocycles. The molecular formula is C12H15BrN2OS. The third-order valence-electron chi connectivity index (χ3n) is 2.84. The Morgan fingerprint density at radius 1 is 1.59 bits per heavy atom. The minimum absolute atomic E-state index is 0.0254. The molecule has 1 unspecified atom stereocenters. The van der Waals surface area contributed by atoms with Crippen LogP contribution in [0.15, 0.2) is 22.7 Å². The maximum atomic E-state index is 11.9. The summed E-state index contributed by atoms with van der Waals surface area (Å²) < 4.78 is 0.765. The molecule has 1 amide bonds. The van der Waals surface area contributed by atoms with E-state index in [1.807, 2.05) is 11.8 Å². The molecule has 3 N–H and O–H groups in total. The SMILES string of the molecule is Nc1ccc(C(=O)NCC2CCSC2)cc1Br. The molecule has 1 aliphatic rings. The number of carbonyl (C=O) groups is 1. The molecule has 1 aliphatic heterocycles. The molecule has 17 heavy (non-hydrogen) atoms. The van der Waals surface area contributed by atoms with Gasteiger partial charge < -0.3 is 11.1 Å². The van der Waals surface area contributed by atoms with Crippen molar-refractivity contribution in [3.05, 3.63) is 28.2 Å². The van der Waals surface area contributed by atoms with Gasteiger partial charge in [-0.05, 0) is 58.0 Å². The van der Waals surface area contributed by atoms with Crippen molar-refractivity contribution < 1.29 is 4.79 Å². The lowest BCUT2D eigenvalue weighted by atomic mass is 10.1. The lowest BCUT2D eigenvalue weighted by Crippen LogP contribution is -2.29. The summed E-state index contributed by atoms with van der Waals surface area (Å²) in [4.78, 5) is 11.9. The van der Waals surface area contributed by atoms with Gasteiger partial charge in [0.05, 0.1) is 0 Å². The number of anilines is 1. The number of thioether (sulfide) groups is 1. The highest BCUT2D eigenvalue weighted by Gasteiger charge is 2.16. The van der Waals surface area contributed by atoms with Crippen LogP contribution in [0.5, 0.6) is 0 Å². The fraction of sp³-hybridized carbons (Fsp3) is 0.417. The van der Waals surface area contributed by atoms with E-state index in [1.54, 1.807) is 18.2 Å². The van der Waals surface area contributed by atoms with Crippen molar-refractivity contribution in [3.63, 3.8) is 0 Å². The van der Waals surface area contributed by atoms with Gasteiger partial charge in [-0.1, -0.05) is 0 Å². The Labute approximate surface area is 114 Å². The number of nitrogens with one attached hydrogen (secondary N) is 1. The lowest BCUT2D eigenvalue weighted by Gasteiger charge is -2.10. The summed E-state index contributed by atoms with van der Waals surface area (Å²) in [5.74, 6) is 2.98. The minimum atomic E-state index is -0.0254. The zero-order valence-corrected chi connectivity index (χ0v) is 11.8. The third-order valence-corrected chi connectivity index (χ3v) is 4.76. The summed E-state index contributed by atoms with van der Waals surface area (Å²) in [5.41, 5.74) is 6.98. The van der Waals surface area contributed by atoms with Crippen LogP contribution >= 0.6 is 27.7 Å². The highest BCUT2D eigenvalue weighted by molar-refractivity contribution is 9.10. The third kappa shape index (κ3) is 3.39. The lowest BCUT2D eigenvalue weighted by molar-refractivity contribution is 0.0948. The van der Waals surface area contributed by atoms with Gasteiger partial charge in [0, 0.05) is 22.3 Å². The summed E-state index contributed by atoms with van der Waals surface area (Å²) in [5, 5.41) is 2.97. The van der Waals surface area contributed by atoms with E-state index in [0.29, 0.717) is 17.2 Å². The zero-order chi connectivity index (χ0) is 12.3. The number of nitrogens with two attached hydrogens (primary N) is 1. The van der Waals surface area contributed by atoms with Gasteiger partial charge in [-0.2, -0.15) is 11.8 Å². The van der Waals surface area contributed by atoms with E-state index in [4.69, 9.17) is 5.73 Å². The summed E-state index contributed by atoms with van der Waals surface area (Å²) in [6.45, 7) is 0.772. The van der Waals surface area contributed by atoms with E-state index in [-0.39, 0.29) is 5.91 Å². The van der Waals surface area contributed by atoms with E-state index in [9.17, 15) is 4.79 Å². The average Bonchev–Trinajstić information content (AvgIpc) is 2.82. The van der Waals surface area contributed by atoms with Crippen molar-refractivity contribution in [1.29, 1.82) is 0 Å². The molecule has 1 aromatic rings. The molecule has 0 saturated carbocycles. The Morgan fingerprint density at radius 3 is 3.06 bits per heavy atom. The van der Waals surface area contributed by atoms with Gasteiger partial charge in [-0.15, -0.1) is 0 Å². The van der Waals surface area contributed by atoms with Crippen LogP contribution in [0.2, 0.25) is 0 Å². The summed E-state index contributed by atoms with van der Waals surface area (Å²) in [6.07, 6.45) is 1.20. The van der Waals surface area contributed by atoms with Crippen LogP contribution < -0.4 is 11.1 Å². The Bertz CT molecular complexity index is 419. The maximum absolute atomic E-state index is 11.9. The highest BCUT2D eigenvalue weighted by atomic mass is 79.9. The fourth-order valence-corrected chi connectivity index (χ4v) is 3.42. The molecule has 0 spiro atoms. The van der Waals surface area contributed by atoms with Crippen molar-refractivity contribution in [2.24, 2.45) is 5.92 Å². The first-order valence-electron chi connectivity index (χ1n) is 5.58. The second-order valence-corrected chi connectivity index (χ2v) is 6.18. The summed E-state index contributed by atoms with van der Waals surface area (Å²) in [6, 6.07) is 5.25. The fourth-order valence-electron chi connectivity index (χ4n) is 1.75. The Balaban J connectivity index is 1.92. The number of rotatable bonds is 3. The molecule has 1 fully saturated rings. The van der Waals surface area contributed by atoms with Crippen LogP contribution in [0, 0.1) is 5.92 Å². The molecule has 0 radical (unpaired) electrons. The van der Waals surface area contributed by atoms with Crippen LogP contribution in [-0.4, -0.2) is 24.0 Å². The van der Waals surface area contributed by atoms with Crippen LogP contribution in [0.25, 0.3) is 0 Å². The number of benzene rings is 1. The van der Waals surface area contributed by atoms with E-state index in [0.717, 1.165) is 16.8 Å². The van der Waals surface area contributed by atoms with Crippen molar-refractivity contribution in [1.82, 2.24) is 5.32 Å². The first-order chi connectivity index (χ1) is 8.16. The molecule has 0 bridgehead atoms. The number of nitrogen functional groups attached to an aromatic ring is 1. The second-order valence-electron chi connectivity index (χ2n) is 4.18. The van der Waals surface area contributed by atoms with Crippen LogP contribution in [0.4, 0.5) is 5.69 Å². The van der Waals surface area contributed by atoms with Crippen molar-refractivity contribution in [2.45, 2.75) is 6.42 Å². The normalized spacial score (nSPS) is 19.2. The van der Waals surface area contributed by atoms with E-state index >= 15 is 0 Å². The topological polar surface area (TPSA) is 55.1 Å². The molecule has 5 heteroatoms. The highest BCUT2D eigenvalue weighted by Crippen LogP contribution is 2.23. The van der Waals surface area contributed by atoms with Gasteiger partial charge in [0.15, 0.2) is 0 Å². The van der Waals surface area contributed by atoms with Crippen LogP contribution in [0.3, 0.4) is 0 Å². The summed E-state index contributed by atoms with van der Waals surface area (Å²) >= 11 is 5.28. The summed E-state index contributed by atoms with van der Waals surface area (Å²) in [7, 11) is 0.